The summed E-state index contributed by atoms with van der Waals surface area (Å²) in [6.07, 6.45) is 0. The number of rotatable bonds is 4. The van der Waals surface area contributed by atoms with Crippen molar-refractivity contribution in [1.29, 1.82) is 0 Å². The molecule has 0 saturated carbocycles. The summed E-state index contributed by atoms with van der Waals surface area (Å²) < 4.78 is 36.6. The smallest absolute Gasteiger partial charge is 0.336 e. The van der Waals surface area contributed by atoms with Crippen LogP contribution < -0.4 is 15.7 Å². The van der Waals surface area contributed by atoms with Crippen molar-refractivity contribution in [2.24, 2.45) is 0 Å². The average Bonchev–Trinajstić information content (AvgIpc) is 2.51. The Morgan fingerprint density at radius 3 is 2.56 bits per heavy atom. The lowest BCUT2D eigenvalue weighted by Gasteiger charge is -2.09. The summed E-state index contributed by atoms with van der Waals surface area (Å²) in [5.41, 5.74) is 0.623. The molecule has 1 N–H and O–H groups in total. The molecule has 0 atom stereocenters. The maximum Gasteiger partial charge on any atom is 0.336 e. The van der Waals surface area contributed by atoms with Crippen molar-refractivity contribution in [3.8, 4) is 5.75 Å². The second kappa shape index (κ2) is 6.72. The fourth-order valence-corrected chi connectivity index (χ4v) is 2.37. The number of hydrogen-bond donors (Lipinski definition) is 1. The minimum absolute atomic E-state index is 0.00812. The number of fused-ring (bicyclic) bond motifs is 1. The Hall–Kier alpha value is -3.22. The summed E-state index contributed by atoms with van der Waals surface area (Å²) in [5.74, 6) is -1.86. The van der Waals surface area contributed by atoms with Crippen LogP contribution in [0.5, 0.6) is 5.75 Å². The lowest BCUT2D eigenvalue weighted by atomic mass is 10.1. The molecule has 3 rings (SSSR count). The highest BCUT2D eigenvalue weighted by molar-refractivity contribution is 5.92. The van der Waals surface area contributed by atoms with Crippen molar-refractivity contribution in [3.05, 3.63) is 70.1 Å². The van der Waals surface area contributed by atoms with E-state index in [0.717, 1.165) is 23.1 Å². The second-order valence-corrected chi connectivity index (χ2v) is 5.40. The van der Waals surface area contributed by atoms with E-state index in [9.17, 15) is 18.4 Å². The molecule has 0 unspecified atom stereocenters. The first kappa shape index (κ1) is 16.6. The van der Waals surface area contributed by atoms with Crippen LogP contribution in [0.1, 0.15) is 5.56 Å². The molecule has 25 heavy (non-hydrogen) atoms. The minimum Gasteiger partial charge on any atom is -0.484 e. The minimum atomic E-state index is -0.795. The molecule has 5 nitrogen and oxygen atoms in total. The molecule has 1 aromatic heterocycles. The first-order chi connectivity index (χ1) is 11.9. The predicted molar refractivity (Wildman–Crippen MR) is 87.7 cm³/mol. The van der Waals surface area contributed by atoms with E-state index in [1.54, 1.807) is 19.1 Å². The first-order valence-corrected chi connectivity index (χ1v) is 7.34. The van der Waals surface area contributed by atoms with Crippen LogP contribution in [-0.4, -0.2) is 12.5 Å². The summed E-state index contributed by atoms with van der Waals surface area (Å²) in [7, 11) is 0. The Labute approximate surface area is 140 Å². The van der Waals surface area contributed by atoms with Gasteiger partial charge in [0, 0.05) is 29.3 Å². The van der Waals surface area contributed by atoms with Crippen molar-refractivity contribution in [1.82, 2.24) is 0 Å². The maximum absolute atomic E-state index is 13.1. The van der Waals surface area contributed by atoms with E-state index < -0.39 is 23.2 Å². The molecule has 1 amide bonds. The molecule has 0 aliphatic heterocycles. The third-order valence-corrected chi connectivity index (χ3v) is 3.44. The van der Waals surface area contributed by atoms with Crippen LogP contribution in [0.25, 0.3) is 11.0 Å². The number of benzene rings is 2. The molecule has 0 fully saturated rings. The number of carbonyl (C=O) groups excluding carboxylic acids is 1. The van der Waals surface area contributed by atoms with Gasteiger partial charge in [0.2, 0.25) is 0 Å². The summed E-state index contributed by atoms with van der Waals surface area (Å²) >= 11 is 0. The van der Waals surface area contributed by atoms with Gasteiger partial charge in [0.15, 0.2) is 6.61 Å². The summed E-state index contributed by atoms with van der Waals surface area (Å²) in [6.45, 7) is 1.41. The van der Waals surface area contributed by atoms with Crippen LogP contribution in [0.2, 0.25) is 0 Å². The van der Waals surface area contributed by atoms with Crippen molar-refractivity contribution in [2.75, 3.05) is 11.9 Å². The first-order valence-electron chi connectivity index (χ1n) is 7.34. The molecule has 128 valence electrons. The summed E-state index contributed by atoms with van der Waals surface area (Å²) in [5, 5.41) is 3.09. The molecule has 3 aromatic rings. The van der Waals surface area contributed by atoms with E-state index >= 15 is 0 Å². The van der Waals surface area contributed by atoms with E-state index in [1.165, 1.54) is 12.1 Å². The Morgan fingerprint density at radius 2 is 1.84 bits per heavy atom. The molecule has 0 saturated heterocycles. The Balaban J connectivity index is 1.69. The van der Waals surface area contributed by atoms with E-state index in [-0.39, 0.29) is 12.3 Å². The van der Waals surface area contributed by atoms with Gasteiger partial charge in [-0.2, -0.15) is 0 Å². The number of amides is 1. The van der Waals surface area contributed by atoms with E-state index in [2.05, 4.69) is 5.32 Å². The number of ether oxygens (including phenoxy) is 1. The number of nitrogens with one attached hydrogen (secondary N) is 1. The van der Waals surface area contributed by atoms with Crippen LogP contribution >= 0.6 is 0 Å². The molecule has 0 spiro atoms. The third-order valence-electron chi connectivity index (χ3n) is 3.44. The highest BCUT2D eigenvalue weighted by atomic mass is 19.1. The van der Waals surface area contributed by atoms with Gasteiger partial charge in [0.05, 0.1) is 0 Å². The van der Waals surface area contributed by atoms with E-state index in [4.69, 9.17) is 9.15 Å². The van der Waals surface area contributed by atoms with E-state index in [0.29, 0.717) is 17.4 Å². The SMILES string of the molecule is Cc1cc(=O)oc2cc(OCC(=O)Nc3cc(F)cc(F)c3)ccc12. The fourth-order valence-electron chi connectivity index (χ4n) is 2.37. The highest BCUT2D eigenvalue weighted by Crippen LogP contribution is 2.22. The lowest BCUT2D eigenvalue weighted by molar-refractivity contribution is -0.118. The van der Waals surface area contributed by atoms with Gasteiger partial charge in [-0.15, -0.1) is 0 Å². The molecule has 7 heteroatoms. The van der Waals surface area contributed by atoms with Gasteiger partial charge in [-0.25, -0.2) is 13.6 Å². The molecular weight excluding hydrogens is 332 g/mol. The largest absolute Gasteiger partial charge is 0.484 e. The monoisotopic (exact) mass is 345 g/mol. The van der Waals surface area contributed by atoms with Gasteiger partial charge in [-0.1, -0.05) is 0 Å². The molecule has 0 aliphatic carbocycles. The number of halogens is 2. The van der Waals surface area contributed by atoms with Crippen molar-refractivity contribution < 1.29 is 22.7 Å². The quantitative estimate of drug-likeness (QED) is 0.736. The standard InChI is InChI=1S/C18H13F2NO4/c1-10-4-18(23)25-16-8-14(2-3-15(10)16)24-9-17(22)21-13-6-11(19)5-12(20)7-13/h2-8H,9H2,1H3,(H,21,22). The number of anilines is 1. The fraction of sp³-hybridized carbons (Fsp3) is 0.111. The van der Waals surface area contributed by atoms with Gasteiger partial charge in [0.1, 0.15) is 23.0 Å². The highest BCUT2D eigenvalue weighted by Gasteiger charge is 2.08. The lowest BCUT2D eigenvalue weighted by Crippen LogP contribution is -2.20. The van der Waals surface area contributed by atoms with Crippen LogP contribution in [0.3, 0.4) is 0 Å². The zero-order valence-corrected chi connectivity index (χ0v) is 13.1. The Bertz CT molecular complexity index is 993. The Morgan fingerprint density at radius 1 is 1.12 bits per heavy atom. The summed E-state index contributed by atoms with van der Waals surface area (Å²) in [4.78, 5) is 23.2. The van der Waals surface area contributed by atoms with Crippen LogP contribution in [0.4, 0.5) is 14.5 Å². The average molecular weight is 345 g/mol. The van der Waals surface area contributed by atoms with Gasteiger partial charge >= 0.3 is 5.63 Å². The van der Waals surface area contributed by atoms with Gasteiger partial charge in [-0.05, 0) is 36.8 Å². The maximum atomic E-state index is 13.1. The zero-order chi connectivity index (χ0) is 18.0. The topological polar surface area (TPSA) is 68.5 Å². The Kier molecular flexibility index (Phi) is 4.47. The third kappa shape index (κ3) is 4.00. The second-order valence-electron chi connectivity index (χ2n) is 5.40. The molecule has 0 radical (unpaired) electrons. The van der Waals surface area contributed by atoms with Crippen LogP contribution in [0, 0.1) is 18.6 Å². The number of hydrogen-bond acceptors (Lipinski definition) is 4. The molecule has 1 heterocycles. The van der Waals surface area contributed by atoms with Crippen molar-refractivity contribution in [3.63, 3.8) is 0 Å². The number of aryl methyl sites for hydroxylation is 1. The summed E-state index contributed by atoms with van der Waals surface area (Å²) in [6, 6.07) is 8.92. The predicted octanol–water partition coefficient (Wildman–Crippen LogP) is 3.40. The van der Waals surface area contributed by atoms with Gasteiger partial charge < -0.3 is 14.5 Å². The number of carbonyl (C=O) groups is 1. The molecule has 0 bridgehead atoms. The molecule has 2 aromatic carbocycles. The van der Waals surface area contributed by atoms with Gasteiger partial charge in [0.25, 0.3) is 5.91 Å². The van der Waals surface area contributed by atoms with Crippen LogP contribution in [0.15, 0.2) is 51.7 Å². The van der Waals surface area contributed by atoms with E-state index in [1.807, 2.05) is 0 Å². The molecule has 0 aliphatic rings. The van der Waals surface area contributed by atoms with Gasteiger partial charge in [-0.3, -0.25) is 4.79 Å². The van der Waals surface area contributed by atoms with Crippen molar-refractivity contribution in [2.45, 2.75) is 6.92 Å². The van der Waals surface area contributed by atoms with Crippen molar-refractivity contribution >= 4 is 22.6 Å². The normalized spacial score (nSPS) is 10.7. The van der Waals surface area contributed by atoms with Crippen LogP contribution in [-0.2, 0) is 4.79 Å². The molecular formula is C18H13F2NO4. The zero-order valence-electron chi connectivity index (χ0n) is 13.1.